The Bertz CT molecular complexity index is 4270. The molecule has 0 fully saturated rings. The van der Waals surface area contributed by atoms with E-state index in [1.54, 1.807) is 86.6 Å². The molecule has 0 bridgehead atoms. The third kappa shape index (κ3) is 14.6. The van der Waals surface area contributed by atoms with E-state index >= 15 is 0 Å². The number of pyridine rings is 1. The number of ether oxygens (including phenoxy) is 2. The van der Waals surface area contributed by atoms with Crippen LogP contribution in [0.4, 0.5) is 16.4 Å². The Morgan fingerprint density at radius 3 is 2.11 bits per heavy atom. The average molecular weight is 1260 g/mol. The van der Waals surface area contributed by atoms with Crippen molar-refractivity contribution in [1.82, 2.24) is 69.1 Å². The first-order chi connectivity index (χ1) is 43.9. The van der Waals surface area contributed by atoms with Gasteiger partial charge in [-0.2, -0.15) is 10.2 Å². The lowest BCUT2D eigenvalue weighted by Crippen LogP contribution is -2.54. The molecule has 1 aliphatic rings. The monoisotopic (exact) mass is 1260 g/mol. The average Bonchev–Trinajstić information content (AvgIpc) is 1.60. The van der Waals surface area contributed by atoms with Gasteiger partial charge in [0.15, 0.2) is 5.82 Å². The molecule has 8 N–H and O–H groups in total. The van der Waals surface area contributed by atoms with Crippen LogP contribution in [0.5, 0.6) is 5.75 Å². The second kappa shape index (κ2) is 28.1. The fourth-order valence-electron chi connectivity index (χ4n) is 10.5. The zero-order chi connectivity index (χ0) is 66.2. The van der Waals surface area contributed by atoms with Gasteiger partial charge in [0.2, 0.25) is 29.6 Å². The van der Waals surface area contributed by atoms with Gasteiger partial charge in [-0.3, -0.25) is 57.9 Å². The number of allylic oxidation sites excluding steroid dienone is 2. The third-order valence-corrected chi connectivity index (χ3v) is 15.2. The highest BCUT2D eigenvalue weighted by molar-refractivity contribution is 6.13. The van der Waals surface area contributed by atoms with E-state index in [2.05, 4.69) is 36.4 Å². The normalized spacial score (nSPS) is 13.0. The number of nitrogens with one attached hydrogen (secondary N) is 4. The predicted octanol–water partition coefficient (Wildman–Crippen LogP) is 5.00. The summed E-state index contributed by atoms with van der Waals surface area (Å²) in [5, 5.41) is 21.3. The highest BCUT2D eigenvalue weighted by atomic mass is 16.6. The Balaban J connectivity index is 0.857. The van der Waals surface area contributed by atoms with Crippen molar-refractivity contribution in [3.05, 3.63) is 125 Å². The number of aromatic nitrogens is 10. The summed E-state index contributed by atoms with van der Waals surface area (Å²) in [7, 11) is 1.57. The van der Waals surface area contributed by atoms with Crippen LogP contribution < -0.4 is 37.5 Å². The third-order valence-electron chi connectivity index (χ3n) is 15.2. The smallest absolute Gasteiger partial charge is 0.409 e. The van der Waals surface area contributed by atoms with Crippen molar-refractivity contribution in [1.29, 1.82) is 0 Å². The van der Waals surface area contributed by atoms with Crippen molar-refractivity contribution in [2.75, 3.05) is 37.4 Å². The summed E-state index contributed by atoms with van der Waals surface area (Å²) in [6.45, 7) is 15.6. The van der Waals surface area contributed by atoms with E-state index in [0.717, 1.165) is 28.4 Å². The fraction of sp³-hybridized carbons (Fsp3) is 0.349. The summed E-state index contributed by atoms with van der Waals surface area (Å²) in [6, 6.07) is 12.8. The van der Waals surface area contributed by atoms with E-state index in [9.17, 15) is 43.2 Å². The molecule has 2 aromatic carbocycles. The van der Waals surface area contributed by atoms with Gasteiger partial charge in [0.25, 0.3) is 23.6 Å². The lowest BCUT2D eigenvalue weighted by atomic mass is 10.0. The van der Waals surface area contributed by atoms with Crippen LogP contribution in [0.2, 0.25) is 0 Å². The molecule has 0 spiro atoms. The van der Waals surface area contributed by atoms with Crippen LogP contribution in [0.1, 0.15) is 101 Å². The number of benzene rings is 2. The van der Waals surface area contributed by atoms with E-state index in [4.69, 9.17) is 35.9 Å². The summed E-state index contributed by atoms with van der Waals surface area (Å²) >= 11 is 0. The molecular weight excluding hydrogens is 1180 g/mol. The molecular formula is C63H72N18O11. The molecule has 2 atom stereocenters. The number of rotatable bonds is 27. The van der Waals surface area contributed by atoms with Crippen molar-refractivity contribution in [2.24, 2.45) is 17.4 Å². The molecule has 6 aromatic heterocycles. The summed E-state index contributed by atoms with van der Waals surface area (Å²) in [5.74, 6) is -4.20. The maximum atomic E-state index is 14.1. The number of aryl methyl sites for hydroxylation is 5. The number of imidazole rings is 1. The van der Waals surface area contributed by atoms with E-state index < -0.39 is 65.4 Å². The van der Waals surface area contributed by atoms with Gasteiger partial charge in [-0.25, -0.2) is 24.7 Å². The molecule has 92 heavy (non-hydrogen) atoms. The molecule has 9 rings (SSSR count). The number of carbonyl (C=O) groups is 9. The van der Waals surface area contributed by atoms with Crippen LogP contribution in [0.15, 0.2) is 85.1 Å². The SMILES string of the molecule is CCn1nc(C)cc1C(=O)Nc1nc2cc(C(N)=O)cc(OCCCN(C)C(=O)OCc3ccc(NC(=O)[C@H](C)NC(=O)[C@@H](NC(=O)CCN4C(=O)C=CC4=O)C(C)C)cc3)c2n1C/C=C/Cn1c2nc(-c3cc(C)nn3CC)ncc2c2cc(C(N)=O)nc(C)c21. The molecule has 0 unspecified atom stereocenters. The first-order valence-corrected chi connectivity index (χ1v) is 29.8. The van der Waals surface area contributed by atoms with Gasteiger partial charge in [0.1, 0.15) is 52.7 Å². The summed E-state index contributed by atoms with van der Waals surface area (Å²) in [5.41, 5.74) is 17.8. The number of hydrogen-bond acceptors (Lipinski definition) is 17. The van der Waals surface area contributed by atoms with E-state index in [1.807, 2.05) is 48.2 Å². The van der Waals surface area contributed by atoms with Gasteiger partial charge in [-0.15, -0.1) is 0 Å². The first kappa shape index (κ1) is 65.3. The van der Waals surface area contributed by atoms with E-state index in [1.165, 1.54) is 24.0 Å². The highest BCUT2D eigenvalue weighted by Gasteiger charge is 2.30. The van der Waals surface area contributed by atoms with Crippen LogP contribution in [0.3, 0.4) is 0 Å². The van der Waals surface area contributed by atoms with Gasteiger partial charge in [-0.05, 0) is 102 Å². The van der Waals surface area contributed by atoms with Gasteiger partial charge in [-0.1, -0.05) is 38.1 Å². The number of amides is 9. The highest BCUT2D eigenvalue weighted by Crippen LogP contribution is 2.34. The van der Waals surface area contributed by atoms with Gasteiger partial charge >= 0.3 is 6.09 Å². The maximum Gasteiger partial charge on any atom is 0.409 e. The van der Waals surface area contributed by atoms with Crippen molar-refractivity contribution in [3.8, 4) is 17.3 Å². The summed E-state index contributed by atoms with van der Waals surface area (Å²) < 4.78 is 19.1. The molecule has 1 aliphatic heterocycles. The molecule has 0 saturated carbocycles. The number of primary amides is 2. The molecule has 29 heteroatoms. The van der Waals surface area contributed by atoms with Crippen molar-refractivity contribution in [2.45, 2.75) is 113 Å². The molecule has 9 amide bonds. The second-order valence-corrected chi connectivity index (χ2v) is 22.3. The number of anilines is 2. The topological polar surface area (TPSA) is 376 Å². The first-order valence-electron chi connectivity index (χ1n) is 29.8. The fourth-order valence-corrected chi connectivity index (χ4v) is 10.5. The lowest BCUT2D eigenvalue weighted by molar-refractivity contribution is -0.137. The van der Waals surface area contributed by atoms with E-state index in [0.29, 0.717) is 86.6 Å². The van der Waals surface area contributed by atoms with Crippen molar-refractivity contribution < 1.29 is 52.6 Å². The Morgan fingerprint density at radius 1 is 0.750 bits per heavy atom. The maximum absolute atomic E-state index is 14.1. The lowest BCUT2D eigenvalue weighted by Gasteiger charge is -2.24. The van der Waals surface area contributed by atoms with Gasteiger partial charge < -0.3 is 50.9 Å². The molecule has 0 saturated heterocycles. The van der Waals surface area contributed by atoms with E-state index in [-0.39, 0.29) is 74.7 Å². The zero-order valence-electron chi connectivity index (χ0n) is 52.4. The molecule has 0 aliphatic carbocycles. The van der Waals surface area contributed by atoms with Gasteiger partial charge in [0, 0.05) is 93.1 Å². The molecule has 480 valence electrons. The van der Waals surface area contributed by atoms with Crippen molar-refractivity contribution >= 4 is 98.0 Å². The number of hydrogen-bond donors (Lipinski definition) is 6. The second-order valence-electron chi connectivity index (χ2n) is 22.3. The standard InChI is InChI=1S/C63H72N18O11/c1-10-80-46(27-35(5)74-80)57-66-32-43-42-31-45(56(65)86)67-37(7)53(42)78(58(43)72-57)23-12-13-24-79-54-44(70-62(79)73-60(88)47-28-36(6)75-81(47)11-2)29-40(55(64)85)30-48(54)91-26-14-22-76(9)63(90)92-33-39-15-17-41(18-16-39)69-59(87)38(8)68-61(89)52(34(3)4)71-49(82)21-25-77-50(83)19-20-51(77)84/h12-13,15-20,27-32,34,38,52H,10-11,14,21-26,33H2,1-9H3,(H2,64,85)(H2,65,86)(H,68,89)(H,69,87)(H,71,82)(H,70,73,88)/b13-12+/t38-,52-/m0/s1. The Kier molecular flexibility index (Phi) is 20.0. The molecule has 7 heterocycles. The molecule has 29 nitrogen and oxygen atoms in total. The number of nitrogens with two attached hydrogens (primary N) is 2. The minimum absolute atomic E-state index is 0.0450. The Hall–Kier alpha value is -11.1. The van der Waals surface area contributed by atoms with Crippen molar-refractivity contribution in [3.63, 3.8) is 0 Å². The minimum Gasteiger partial charge on any atom is -0.491 e. The number of fused-ring (bicyclic) bond motifs is 4. The molecule has 8 aromatic rings. The number of imide groups is 1. The molecule has 0 radical (unpaired) electrons. The Morgan fingerprint density at radius 2 is 1.43 bits per heavy atom. The summed E-state index contributed by atoms with van der Waals surface area (Å²) in [4.78, 5) is 137. The zero-order valence-corrected chi connectivity index (χ0v) is 52.4. The summed E-state index contributed by atoms with van der Waals surface area (Å²) in [6.07, 6.45) is 7.21. The Labute approximate surface area is 527 Å². The predicted molar refractivity (Wildman–Crippen MR) is 339 cm³/mol. The number of nitrogens with zero attached hydrogens (tertiary/aromatic N) is 12. The van der Waals surface area contributed by atoms with Crippen LogP contribution in [0, 0.1) is 26.7 Å². The largest absolute Gasteiger partial charge is 0.491 e. The van der Waals surface area contributed by atoms with Crippen LogP contribution >= 0.6 is 0 Å². The minimum atomic E-state index is -1.01. The van der Waals surface area contributed by atoms with Crippen LogP contribution in [0.25, 0.3) is 44.5 Å². The quantitative estimate of drug-likeness (QED) is 0.0224. The van der Waals surface area contributed by atoms with Gasteiger partial charge in [0.05, 0.1) is 34.7 Å². The van der Waals surface area contributed by atoms with Crippen LogP contribution in [-0.2, 0) is 61.5 Å². The number of carbonyl (C=O) groups excluding carboxylic acids is 9. The van der Waals surface area contributed by atoms with Crippen LogP contribution in [-0.4, -0.2) is 151 Å².